The Hall–Kier alpha value is -2.22. The van der Waals surface area contributed by atoms with E-state index in [1.54, 1.807) is 24.3 Å². The van der Waals surface area contributed by atoms with Crippen LogP contribution in [0, 0.1) is 0 Å². The van der Waals surface area contributed by atoms with Crippen LogP contribution in [0.2, 0.25) is 0 Å². The van der Waals surface area contributed by atoms with E-state index >= 15 is 0 Å². The molecular weight excluding hydrogens is 315 g/mol. The van der Waals surface area contributed by atoms with Crippen LogP contribution in [-0.4, -0.2) is 49.9 Å². The summed E-state index contributed by atoms with van der Waals surface area (Å²) in [7, 11) is 1.50. The lowest BCUT2D eigenvalue weighted by Crippen LogP contribution is -2.55. The predicted molar refractivity (Wildman–Crippen MR) is 74.5 cm³/mol. The fraction of sp³-hybridized carbons (Fsp3) is 0.400. The summed E-state index contributed by atoms with van der Waals surface area (Å²) in [5, 5.41) is 0.720. The van der Waals surface area contributed by atoms with Gasteiger partial charge in [-0.15, -0.1) is 0 Å². The number of methoxy groups -OCH3 is 1. The molecule has 2 aromatic rings. The lowest BCUT2D eigenvalue weighted by Gasteiger charge is -2.38. The minimum atomic E-state index is -4.36. The van der Waals surface area contributed by atoms with E-state index in [1.807, 2.05) is 0 Å². The molecule has 1 aromatic heterocycles. The van der Waals surface area contributed by atoms with Crippen molar-refractivity contribution < 1.29 is 31.9 Å². The number of carbonyl (C=O) groups excluding carboxylic acids is 1. The normalized spacial score (nSPS) is 15.7. The maximum Gasteiger partial charge on any atom is 0.411 e. The summed E-state index contributed by atoms with van der Waals surface area (Å²) >= 11 is 0. The number of ether oxygens (including phenoxy) is 2. The first-order chi connectivity index (χ1) is 10.9. The highest BCUT2D eigenvalue weighted by molar-refractivity contribution is 5.97. The van der Waals surface area contributed by atoms with E-state index in [2.05, 4.69) is 4.74 Å². The van der Waals surface area contributed by atoms with Gasteiger partial charge in [0.2, 0.25) is 0 Å². The van der Waals surface area contributed by atoms with E-state index in [4.69, 9.17) is 9.15 Å². The summed E-state index contributed by atoms with van der Waals surface area (Å²) in [6.07, 6.45) is -4.96. The Labute approximate surface area is 129 Å². The first kappa shape index (κ1) is 15.7. The van der Waals surface area contributed by atoms with E-state index in [1.165, 1.54) is 12.0 Å². The molecular formula is C15H14F3NO4. The predicted octanol–water partition coefficient (Wildman–Crippen LogP) is 2.84. The highest BCUT2D eigenvalue weighted by Crippen LogP contribution is 2.30. The van der Waals surface area contributed by atoms with Crippen molar-refractivity contribution >= 4 is 16.9 Å². The van der Waals surface area contributed by atoms with Gasteiger partial charge < -0.3 is 18.8 Å². The number of para-hydroxylation sites is 1. The molecule has 0 atom stereocenters. The second-order valence-corrected chi connectivity index (χ2v) is 5.25. The number of hydrogen-bond acceptors (Lipinski definition) is 4. The Balaban J connectivity index is 1.64. The fourth-order valence-electron chi connectivity index (χ4n) is 2.38. The van der Waals surface area contributed by atoms with Crippen LogP contribution in [0.3, 0.4) is 0 Å². The largest absolute Gasteiger partial charge is 0.493 e. The SMILES string of the molecule is COc1cccc2cc(C(=O)N3CC(OCC(F)(F)F)C3)oc12. The van der Waals surface area contributed by atoms with E-state index in [0.29, 0.717) is 11.3 Å². The molecule has 1 aromatic carbocycles. The lowest BCUT2D eigenvalue weighted by atomic mass is 10.1. The summed E-state index contributed by atoms with van der Waals surface area (Å²) in [6.45, 7) is -1.08. The van der Waals surface area contributed by atoms with Gasteiger partial charge in [0.25, 0.3) is 5.91 Å². The number of halogens is 3. The second-order valence-electron chi connectivity index (χ2n) is 5.25. The molecule has 2 heterocycles. The van der Waals surface area contributed by atoms with Crippen molar-refractivity contribution in [2.45, 2.75) is 12.3 Å². The molecule has 0 N–H and O–H groups in total. The molecule has 23 heavy (non-hydrogen) atoms. The van der Waals surface area contributed by atoms with Gasteiger partial charge in [0, 0.05) is 18.5 Å². The number of carbonyl (C=O) groups is 1. The third kappa shape index (κ3) is 3.26. The molecule has 1 aliphatic heterocycles. The molecule has 0 saturated carbocycles. The van der Waals surface area contributed by atoms with Crippen LogP contribution in [-0.2, 0) is 4.74 Å². The van der Waals surface area contributed by atoms with Crippen molar-refractivity contribution in [1.29, 1.82) is 0 Å². The molecule has 1 saturated heterocycles. The molecule has 5 nitrogen and oxygen atoms in total. The van der Waals surface area contributed by atoms with Gasteiger partial charge in [-0.1, -0.05) is 12.1 Å². The maximum absolute atomic E-state index is 12.3. The molecule has 3 rings (SSSR count). The van der Waals surface area contributed by atoms with Crippen molar-refractivity contribution in [3.8, 4) is 5.75 Å². The maximum atomic E-state index is 12.3. The van der Waals surface area contributed by atoms with Gasteiger partial charge in [-0.3, -0.25) is 4.79 Å². The number of likely N-dealkylation sites (tertiary alicyclic amines) is 1. The van der Waals surface area contributed by atoms with E-state index in [9.17, 15) is 18.0 Å². The Morgan fingerprint density at radius 3 is 2.78 bits per heavy atom. The molecule has 0 radical (unpaired) electrons. The number of hydrogen-bond donors (Lipinski definition) is 0. The lowest BCUT2D eigenvalue weighted by molar-refractivity contribution is -0.196. The Bertz CT molecular complexity index is 719. The van der Waals surface area contributed by atoms with Crippen molar-refractivity contribution in [2.75, 3.05) is 26.8 Å². The number of furan rings is 1. The molecule has 0 aliphatic carbocycles. The second kappa shape index (κ2) is 5.77. The first-order valence-corrected chi connectivity index (χ1v) is 6.91. The van der Waals surface area contributed by atoms with Gasteiger partial charge >= 0.3 is 6.18 Å². The van der Waals surface area contributed by atoms with Crippen molar-refractivity contribution in [3.63, 3.8) is 0 Å². The van der Waals surface area contributed by atoms with Crippen LogP contribution in [0.25, 0.3) is 11.0 Å². The molecule has 0 unspecified atom stereocenters. The van der Waals surface area contributed by atoms with Crippen molar-refractivity contribution in [1.82, 2.24) is 4.90 Å². The van der Waals surface area contributed by atoms with Crippen molar-refractivity contribution in [3.05, 3.63) is 30.0 Å². The van der Waals surface area contributed by atoms with Gasteiger partial charge in [0.15, 0.2) is 17.1 Å². The van der Waals surface area contributed by atoms with Crippen LogP contribution in [0.4, 0.5) is 13.2 Å². The molecule has 0 bridgehead atoms. The summed E-state index contributed by atoms with van der Waals surface area (Å²) in [5.74, 6) is 0.255. The summed E-state index contributed by atoms with van der Waals surface area (Å²) < 4.78 is 51.5. The Morgan fingerprint density at radius 1 is 1.39 bits per heavy atom. The Morgan fingerprint density at radius 2 is 2.13 bits per heavy atom. The zero-order chi connectivity index (χ0) is 16.6. The quantitative estimate of drug-likeness (QED) is 0.865. The van der Waals surface area contributed by atoms with Crippen LogP contribution >= 0.6 is 0 Å². The Kier molecular flexibility index (Phi) is 3.93. The van der Waals surface area contributed by atoms with E-state index in [-0.39, 0.29) is 24.8 Å². The minimum Gasteiger partial charge on any atom is -0.493 e. The van der Waals surface area contributed by atoms with Gasteiger partial charge in [-0.05, 0) is 12.1 Å². The third-order valence-corrected chi connectivity index (χ3v) is 3.56. The molecule has 1 fully saturated rings. The summed E-state index contributed by atoms with van der Waals surface area (Å²) in [6, 6.07) is 6.86. The highest BCUT2D eigenvalue weighted by atomic mass is 19.4. The van der Waals surface area contributed by atoms with Crippen LogP contribution in [0.5, 0.6) is 5.75 Å². The van der Waals surface area contributed by atoms with Crippen molar-refractivity contribution in [2.24, 2.45) is 0 Å². The zero-order valence-electron chi connectivity index (χ0n) is 12.2. The third-order valence-electron chi connectivity index (χ3n) is 3.56. The average molecular weight is 329 g/mol. The molecule has 0 spiro atoms. The molecule has 8 heteroatoms. The molecule has 1 aliphatic rings. The number of benzene rings is 1. The van der Waals surface area contributed by atoms with Gasteiger partial charge in [0.1, 0.15) is 6.61 Å². The summed E-state index contributed by atoms with van der Waals surface area (Å²) in [4.78, 5) is 13.6. The van der Waals surface area contributed by atoms with E-state index < -0.39 is 18.9 Å². The highest BCUT2D eigenvalue weighted by Gasteiger charge is 2.37. The minimum absolute atomic E-state index is 0.114. The fourth-order valence-corrected chi connectivity index (χ4v) is 2.38. The number of alkyl halides is 3. The molecule has 124 valence electrons. The number of rotatable bonds is 4. The van der Waals surface area contributed by atoms with Crippen LogP contribution in [0.1, 0.15) is 10.6 Å². The molecule has 1 amide bonds. The van der Waals surface area contributed by atoms with Crippen LogP contribution < -0.4 is 4.74 Å². The van der Waals surface area contributed by atoms with E-state index in [0.717, 1.165) is 5.39 Å². The number of nitrogens with zero attached hydrogens (tertiary/aromatic N) is 1. The number of fused-ring (bicyclic) bond motifs is 1. The first-order valence-electron chi connectivity index (χ1n) is 6.91. The summed E-state index contributed by atoms with van der Waals surface area (Å²) in [5.41, 5.74) is 0.462. The van der Waals surface area contributed by atoms with Crippen LogP contribution in [0.15, 0.2) is 28.7 Å². The van der Waals surface area contributed by atoms with Gasteiger partial charge in [0.05, 0.1) is 13.2 Å². The van der Waals surface area contributed by atoms with Gasteiger partial charge in [-0.25, -0.2) is 0 Å². The smallest absolute Gasteiger partial charge is 0.411 e. The topological polar surface area (TPSA) is 51.9 Å². The standard InChI is InChI=1S/C15H14F3NO4/c1-21-11-4-2-3-9-5-12(23-13(9)11)14(20)19-6-10(7-19)22-8-15(16,17)18/h2-5,10H,6-8H2,1H3. The monoisotopic (exact) mass is 329 g/mol. The average Bonchev–Trinajstić information content (AvgIpc) is 2.87. The number of amides is 1. The zero-order valence-corrected chi connectivity index (χ0v) is 12.2. The van der Waals surface area contributed by atoms with Gasteiger partial charge in [-0.2, -0.15) is 13.2 Å².